The van der Waals surface area contributed by atoms with Crippen molar-refractivity contribution in [1.29, 1.82) is 0 Å². The largest absolute Gasteiger partial charge is 0.417 e. The minimum atomic E-state index is -4.74. The molecule has 0 spiro atoms. The van der Waals surface area contributed by atoms with Crippen molar-refractivity contribution in [1.82, 2.24) is 39.8 Å². The zero-order valence-corrected chi connectivity index (χ0v) is 67.4. The number of aromatic nitrogens is 2. The van der Waals surface area contributed by atoms with Gasteiger partial charge in [0.2, 0.25) is 0 Å². The predicted molar refractivity (Wildman–Crippen MR) is 438 cm³/mol. The topological polar surface area (TPSA) is 169 Å². The number of carbonyl (C=O) groups excluding carboxylic acids is 3. The van der Waals surface area contributed by atoms with Crippen molar-refractivity contribution in [3.63, 3.8) is 0 Å². The molecule has 0 aliphatic carbocycles. The van der Waals surface area contributed by atoms with Crippen LogP contribution >= 0.6 is 0 Å². The van der Waals surface area contributed by atoms with Crippen molar-refractivity contribution in [2.75, 3.05) is 163 Å². The highest BCUT2D eigenvalue weighted by molar-refractivity contribution is 6.10. The molecule has 8 aromatic rings. The summed E-state index contributed by atoms with van der Waals surface area (Å²) in [6, 6.07) is 34.0. The maximum absolute atomic E-state index is 15.2. The third-order valence-electron chi connectivity index (χ3n) is 22.2. The van der Waals surface area contributed by atoms with Crippen LogP contribution < -0.4 is 36.0 Å². The Morgan fingerprint density at radius 2 is 0.899 bits per heavy atom. The molecule has 0 bridgehead atoms. The van der Waals surface area contributed by atoms with Gasteiger partial charge in [-0.2, -0.15) is 39.5 Å². The number of halogens is 12. The molecule has 6 aliphatic heterocycles. The Labute approximate surface area is 683 Å². The summed E-state index contributed by atoms with van der Waals surface area (Å²) in [5.41, 5.74) is 2.73. The van der Waals surface area contributed by atoms with Gasteiger partial charge in [0.25, 0.3) is 17.7 Å². The Balaban J connectivity index is 0.000000165. The molecule has 5 fully saturated rings. The Morgan fingerprint density at radius 1 is 0.479 bits per heavy atom. The summed E-state index contributed by atoms with van der Waals surface area (Å²) in [5.74, 6) is -4.09. The van der Waals surface area contributed by atoms with Gasteiger partial charge in [-0.25, -0.2) is 13.2 Å². The molecule has 8 heterocycles. The lowest BCUT2D eigenvalue weighted by molar-refractivity contribution is -0.138. The molecule has 19 nitrogen and oxygen atoms in total. The van der Waals surface area contributed by atoms with E-state index in [1.54, 1.807) is 91.0 Å². The van der Waals surface area contributed by atoms with Crippen LogP contribution in [0.4, 0.5) is 86.8 Å². The number of morpholine rings is 2. The van der Waals surface area contributed by atoms with Crippen molar-refractivity contribution in [3.8, 4) is 33.4 Å². The molecule has 6 aromatic carbocycles. The summed E-state index contributed by atoms with van der Waals surface area (Å²) < 4.78 is 180. The quantitative estimate of drug-likeness (QED) is 0.0674. The lowest BCUT2D eigenvalue weighted by Gasteiger charge is -2.44. The molecule has 1 unspecified atom stereocenters. The normalized spacial score (nSPS) is 18.8. The number of carbonyl (C=O) groups is 3. The second-order valence-electron chi connectivity index (χ2n) is 30.8. The van der Waals surface area contributed by atoms with Crippen LogP contribution in [-0.4, -0.2) is 209 Å². The second kappa shape index (κ2) is 37.7. The summed E-state index contributed by atoms with van der Waals surface area (Å²) >= 11 is 0. The van der Waals surface area contributed by atoms with Crippen molar-refractivity contribution in [2.45, 2.75) is 84.4 Å². The lowest BCUT2D eigenvalue weighted by Crippen LogP contribution is -2.55. The number of ether oxygens (including phenoxy) is 2. The van der Waals surface area contributed by atoms with Gasteiger partial charge in [0, 0.05) is 169 Å². The SMILES string of the molecule is C=C1C=C(C(F)(F)F)C(C(=O)Nc2cc(-c3ccccc3F)ccc2N2CCN(C)CC2)=CN1.Cc1cc(C(F)(F)F)c(C(=O)Nc2cc(-c3cc(CN4CCOCC4)ccc3F)ccc2N2CCN(C)C(C)C2)cn1.Cc1cc(C(F)(F)F)c(C(=O)Nc2cc(-c3cc(CN4CCOCC4)ccc3F)ccc2N2C[C@@H](C)N(C)[C@H](C)C2)cn1. The van der Waals surface area contributed by atoms with Crippen LogP contribution in [0.1, 0.15) is 75.1 Å². The number of nitrogens with one attached hydrogen (secondary N) is 4. The number of amides is 3. The van der Waals surface area contributed by atoms with Gasteiger partial charge in [0.05, 0.1) is 94.0 Å². The molecule has 6 aliphatic rings. The first-order chi connectivity index (χ1) is 56.5. The first-order valence-corrected chi connectivity index (χ1v) is 39.2. The minimum absolute atomic E-state index is 0.0311. The van der Waals surface area contributed by atoms with Crippen molar-refractivity contribution < 1.29 is 76.5 Å². The first kappa shape index (κ1) is 87.6. The van der Waals surface area contributed by atoms with Crippen LogP contribution in [0.3, 0.4) is 0 Å². The molecule has 0 radical (unpaired) electrons. The molecule has 5 saturated heterocycles. The highest BCUT2D eigenvalue weighted by Gasteiger charge is 2.42. The van der Waals surface area contributed by atoms with Gasteiger partial charge in [0.15, 0.2) is 0 Å². The first-order valence-electron chi connectivity index (χ1n) is 39.2. The van der Waals surface area contributed by atoms with Crippen molar-refractivity contribution in [3.05, 3.63) is 238 Å². The molecular weight excluding hydrogens is 1560 g/mol. The number of hydrogen-bond acceptors (Lipinski definition) is 16. The maximum Gasteiger partial charge on any atom is 0.417 e. The van der Waals surface area contributed by atoms with E-state index in [0.717, 1.165) is 93.7 Å². The van der Waals surface area contributed by atoms with E-state index in [4.69, 9.17) is 9.47 Å². The van der Waals surface area contributed by atoms with Crippen LogP contribution in [0.15, 0.2) is 175 Å². The van der Waals surface area contributed by atoms with E-state index in [-0.39, 0.29) is 35.2 Å². The van der Waals surface area contributed by atoms with E-state index in [1.165, 1.54) is 32.0 Å². The summed E-state index contributed by atoms with van der Waals surface area (Å²) in [6.07, 6.45) is -10.5. The van der Waals surface area contributed by atoms with Gasteiger partial charge in [0.1, 0.15) is 17.5 Å². The number of hydrogen-bond donors (Lipinski definition) is 4. The number of benzene rings is 6. The highest BCUT2D eigenvalue weighted by Crippen LogP contribution is 2.42. The number of aryl methyl sites for hydroxylation is 2. The lowest BCUT2D eigenvalue weighted by atomic mass is 9.99. The van der Waals surface area contributed by atoms with E-state index in [2.05, 4.69) is 97.8 Å². The maximum atomic E-state index is 15.2. The van der Waals surface area contributed by atoms with Gasteiger partial charge < -0.3 is 55.2 Å². The highest BCUT2D eigenvalue weighted by atomic mass is 19.4. The van der Waals surface area contributed by atoms with Gasteiger partial charge in [-0.3, -0.25) is 39.1 Å². The van der Waals surface area contributed by atoms with Gasteiger partial charge in [-0.15, -0.1) is 0 Å². The van der Waals surface area contributed by atoms with Gasteiger partial charge in [-0.05, 0) is 169 Å². The number of piperazine rings is 3. The van der Waals surface area contributed by atoms with Crippen molar-refractivity contribution >= 4 is 51.8 Å². The third kappa shape index (κ3) is 21.9. The summed E-state index contributed by atoms with van der Waals surface area (Å²) in [6.45, 7) is 26.0. The molecule has 632 valence electrons. The molecule has 2 aromatic heterocycles. The fourth-order valence-electron chi connectivity index (χ4n) is 15.1. The van der Waals surface area contributed by atoms with Crippen LogP contribution in [0.5, 0.6) is 0 Å². The summed E-state index contributed by atoms with van der Waals surface area (Å²) in [7, 11) is 6.08. The Morgan fingerprint density at radius 3 is 1.35 bits per heavy atom. The molecule has 31 heteroatoms. The molecule has 3 atom stereocenters. The minimum Gasteiger partial charge on any atom is -0.379 e. The van der Waals surface area contributed by atoms with Crippen molar-refractivity contribution in [2.24, 2.45) is 0 Å². The average Bonchev–Trinajstić information content (AvgIpc) is 0.790. The Kier molecular flexibility index (Phi) is 27.8. The van der Waals surface area contributed by atoms with E-state index in [0.29, 0.717) is 146 Å². The number of allylic oxidation sites excluding steroid dienone is 1. The number of anilines is 6. The fraction of sp³-hybridized carbons (Fsp3) is 0.375. The number of pyridine rings is 2. The fourth-order valence-corrected chi connectivity index (χ4v) is 15.1. The molecule has 4 N–H and O–H groups in total. The number of dihydropyridines is 1. The van der Waals surface area contributed by atoms with Crippen LogP contribution in [0, 0.1) is 31.3 Å². The van der Waals surface area contributed by atoms with Crippen LogP contribution in [0.2, 0.25) is 0 Å². The molecule has 3 amide bonds. The van der Waals surface area contributed by atoms with E-state index in [9.17, 15) is 58.3 Å². The number of likely N-dealkylation sites (N-methyl/N-ethyl adjacent to an activating group) is 3. The summed E-state index contributed by atoms with van der Waals surface area (Å²) in [4.78, 5) is 65.1. The van der Waals surface area contributed by atoms with E-state index in [1.807, 2.05) is 27.2 Å². The molecular formula is C88H96F12N14O5. The van der Waals surface area contributed by atoms with Crippen LogP contribution in [0.25, 0.3) is 33.4 Å². The van der Waals surface area contributed by atoms with Gasteiger partial charge >= 0.3 is 18.5 Å². The average molecular weight is 1660 g/mol. The van der Waals surface area contributed by atoms with Crippen LogP contribution in [-0.2, 0) is 39.7 Å². The second-order valence-corrected chi connectivity index (χ2v) is 30.8. The summed E-state index contributed by atoms with van der Waals surface area (Å²) in [5, 5.41) is 10.7. The van der Waals surface area contributed by atoms with E-state index >= 15 is 8.78 Å². The molecule has 14 rings (SSSR count). The number of nitrogens with zero attached hydrogens (tertiary/aromatic N) is 10. The Bertz CT molecular complexity index is 5060. The molecule has 0 saturated carbocycles. The zero-order chi connectivity index (χ0) is 85.4. The monoisotopic (exact) mass is 1660 g/mol. The third-order valence-corrected chi connectivity index (χ3v) is 22.2. The predicted octanol–water partition coefficient (Wildman–Crippen LogP) is 15.9. The number of alkyl halides is 9. The standard InChI is InChI=1S/C32H37F4N5O2.C31H35F4N5O2.C25H24F4N4O/c1-20-13-27(32(34,35)36)26(16-37-20)31(42)38-29-15-24(6-8-30(29)41-17-21(2)39(4)22(3)18-41)25-14-23(5-7-28(25)33)19-40-9-11-43-12-10-40;1-20-14-26(31(33,34)35)25(17-36-20)30(41)37-28-16-23(5-7-29(28)40-9-8-38(3)21(2)18-40)24-15-22(4-6-27(24)32)19-39-10-12-42-13-11-39;1-16-13-20(25(27,28)29)19(15-30-16)24(34)31-22-14-17(18-5-3-4-6-21(18)26)7-8-23(22)33-11-9-32(2)10-12-33/h5-8,13-16,21-22H,9-12,17-19H2,1-4H3,(H,38,42);4-7,14-17,21H,8-13,18-19H2,1-3H3,(H,37,41);3-8,13-15,30H,1,9-12H2,2H3,(H,31,34)/t21-,22-;;/m1../s1. The van der Waals surface area contributed by atoms with E-state index < -0.39 is 87.1 Å². The van der Waals surface area contributed by atoms with Gasteiger partial charge in [-0.1, -0.05) is 55.1 Å². The molecule has 119 heavy (non-hydrogen) atoms. The smallest absolute Gasteiger partial charge is 0.379 e. The zero-order valence-electron chi connectivity index (χ0n) is 67.4. The Hall–Kier alpha value is -10.7. The number of rotatable bonds is 16.